The van der Waals surface area contributed by atoms with Crippen molar-refractivity contribution in [1.82, 2.24) is 0 Å². The summed E-state index contributed by atoms with van der Waals surface area (Å²) in [6, 6.07) is 27.9. The second-order valence-corrected chi connectivity index (χ2v) is 8.86. The van der Waals surface area contributed by atoms with E-state index in [1.165, 1.54) is 16.3 Å². The van der Waals surface area contributed by atoms with Crippen LogP contribution in [0.5, 0.6) is 0 Å². The number of hydrogen-bond donors (Lipinski definition) is 2. The standard InChI is InChI=1S/C20H14O3.C11H16O/c21-18(9-10-19(22)23)13-7-8-14-15-5-1-3-12-4-2-6-16(20(12)15)17(14)11-13;1-2-3-9-11(12)10-7-5-4-6-8-10/h1-8,11H,9-10H2,(H,22,23);4-8,11-12H,2-3,9H2,1H3. The molecular formula is C31H30O4. The number of carbonyl (C=O) groups excluding carboxylic acids is 1. The van der Waals surface area contributed by atoms with Crippen LogP contribution in [0.4, 0.5) is 0 Å². The lowest BCUT2D eigenvalue weighted by Crippen LogP contribution is -2.03. The Morgan fingerprint density at radius 3 is 2.11 bits per heavy atom. The molecule has 0 radical (unpaired) electrons. The fourth-order valence-corrected chi connectivity index (χ4v) is 4.57. The number of fused-ring (bicyclic) bond motifs is 3. The molecule has 1 aliphatic carbocycles. The van der Waals surface area contributed by atoms with Crippen LogP contribution in [-0.2, 0) is 4.79 Å². The Labute approximate surface area is 205 Å². The van der Waals surface area contributed by atoms with Crippen molar-refractivity contribution in [1.29, 1.82) is 0 Å². The summed E-state index contributed by atoms with van der Waals surface area (Å²) >= 11 is 0. The number of ketones is 1. The molecule has 4 nitrogen and oxygen atoms in total. The van der Waals surface area contributed by atoms with Gasteiger partial charge >= 0.3 is 5.97 Å². The summed E-state index contributed by atoms with van der Waals surface area (Å²) in [5.74, 6) is -1.07. The summed E-state index contributed by atoms with van der Waals surface area (Å²) in [6.07, 6.45) is 2.74. The van der Waals surface area contributed by atoms with Crippen LogP contribution in [0.1, 0.15) is 61.1 Å². The molecule has 1 unspecified atom stereocenters. The Hall–Kier alpha value is -3.76. The van der Waals surface area contributed by atoms with Gasteiger partial charge in [-0.15, -0.1) is 0 Å². The summed E-state index contributed by atoms with van der Waals surface area (Å²) < 4.78 is 0. The third-order valence-electron chi connectivity index (χ3n) is 6.41. The van der Waals surface area contributed by atoms with E-state index in [4.69, 9.17) is 5.11 Å². The molecule has 0 bridgehead atoms. The maximum absolute atomic E-state index is 12.2. The lowest BCUT2D eigenvalue weighted by molar-refractivity contribution is -0.136. The van der Waals surface area contributed by atoms with Crippen molar-refractivity contribution in [2.45, 2.75) is 45.1 Å². The molecule has 178 valence electrons. The lowest BCUT2D eigenvalue weighted by atomic mass is 9.98. The highest BCUT2D eigenvalue weighted by molar-refractivity contribution is 6.16. The van der Waals surface area contributed by atoms with Crippen molar-refractivity contribution < 1.29 is 19.8 Å². The van der Waals surface area contributed by atoms with E-state index in [0.717, 1.165) is 41.5 Å². The Kier molecular flexibility index (Phi) is 7.74. The van der Waals surface area contributed by atoms with E-state index in [1.807, 2.05) is 54.6 Å². The average Bonchev–Trinajstić information content (AvgIpc) is 3.21. The van der Waals surface area contributed by atoms with E-state index in [9.17, 15) is 14.7 Å². The van der Waals surface area contributed by atoms with Crippen LogP contribution in [0.25, 0.3) is 33.0 Å². The molecule has 0 aromatic heterocycles. The van der Waals surface area contributed by atoms with Crippen LogP contribution in [0, 0.1) is 0 Å². The first kappa shape index (κ1) is 24.4. The van der Waals surface area contributed by atoms with Crippen LogP contribution in [0.3, 0.4) is 0 Å². The summed E-state index contributed by atoms with van der Waals surface area (Å²) in [5, 5.41) is 20.8. The largest absolute Gasteiger partial charge is 0.481 e. The Morgan fingerprint density at radius 2 is 1.46 bits per heavy atom. The van der Waals surface area contributed by atoms with Gasteiger partial charge < -0.3 is 10.2 Å². The van der Waals surface area contributed by atoms with Crippen LogP contribution < -0.4 is 0 Å². The number of aliphatic hydroxyl groups excluding tert-OH is 1. The monoisotopic (exact) mass is 466 g/mol. The molecule has 4 heteroatoms. The number of unbranched alkanes of at least 4 members (excludes halogenated alkanes) is 1. The van der Waals surface area contributed by atoms with Gasteiger partial charge in [0, 0.05) is 12.0 Å². The zero-order chi connectivity index (χ0) is 24.8. The van der Waals surface area contributed by atoms with Crippen molar-refractivity contribution in [2.24, 2.45) is 0 Å². The van der Waals surface area contributed by atoms with Gasteiger partial charge in [0.05, 0.1) is 12.5 Å². The van der Waals surface area contributed by atoms with E-state index >= 15 is 0 Å². The predicted octanol–water partition coefficient (Wildman–Crippen LogP) is 7.44. The molecule has 1 atom stereocenters. The minimum absolute atomic E-state index is 0.0330. The van der Waals surface area contributed by atoms with E-state index in [2.05, 4.69) is 31.2 Å². The average molecular weight is 467 g/mol. The van der Waals surface area contributed by atoms with Crippen molar-refractivity contribution in [2.75, 3.05) is 0 Å². The van der Waals surface area contributed by atoms with Gasteiger partial charge in [-0.2, -0.15) is 0 Å². The quantitative estimate of drug-likeness (QED) is 0.233. The zero-order valence-electron chi connectivity index (χ0n) is 19.9. The van der Waals surface area contributed by atoms with Crippen molar-refractivity contribution in [3.63, 3.8) is 0 Å². The third-order valence-corrected chi connectivity index (χ3v) is 6.41. The van der Waals surface area contributed by atoms with Gasteiger partial charge in [-0.3, -0.25) is 9.59 Å². The normalized spacial score (nSPS) is 11.9. The fourth-order valence-electron chi connectivity index (χ4n) is 4.57. The molecule has 35 heavy (non-hydrogen) atoms. The number of hydrogen-bond acceptors (Lipinski definition) is 3. The number of rotatable bonds is 8. The Morgan fingerprint density at radius 1 is 0.771 bits per heavy atom. The number of carboxylic acids is 1. The molecule has 0 fully saturated rings. The third kappa shape index (κ3) is 5.50. The summed E-state index contributed by atoms with van der Waals surface area (Å²) in [7, 11) is 0. The van der Waals surface area contributed by atoms with Gasteiger partial charge in [-0.1, -0.05) is 98.6 Å². The van der Waals surface area contributed by atoms with Gasteiger partial charge in [0.2, 0.25) is 0 Å². The van der Waals surface area contributed by atoms with E-state index in [-0.39, 0.29) is 24.7 Å². The zero-order valence-corrected chi connectivity index (χ0v) is 19.9. The van der Waals surface area contributed by atoms with E-state index in [1.54, 1.807) is 6.07 Å². The molecule has 0 amide bonds. The number of aliphatic hydroxyl groups is 1. The topological polar surface area (TPSA) is 74.6 Å². The molecule has 0 heterocycles. The molecule has 0 saturated carbocycles. The second-order valence-electron chi connectivity index (χ2n) is 8.86. The van der Waals surface area contributed by atoms with Crippen molar-refractivity contribution in [3.8, 4) is 22.3 Å². The molecule has 5 rings (SSSR count). The molecule has 4 aromatic carbocycles. The molecular weight excluding hydrogens is 436 g/mol. The smallest absolute Gasteiger partial charge is 0.303 e. The number of benzene rings is 4. The minimum atomic E-state index is -0.948. The highest BCUT2D eigenvalue weighted by Crippen LogP contribution is 2.47. The van der Waals surface area contributed by atoms with Crippen LogP contribution in [0.2, 0.25) is 0 Å². The number of carbonyl (C=O) groups is 2. The summed E-state index contributed by atoms with van der Waals surface area (Å²) in [5.41, 5.74) is 6.13. The fraction of sp³-hybridized carbons (Fsp3) is 0.226. The first-order valence-corrected chi connectivity index (χ1v) is 12.1. The Bertz CT molecular complexity index is 1340. The van der Waals surface area contributed by atoms with Gasteiger partial charge in [0.25, 0.3) is 0 Å². The number of carboxylic acid groups (broad SMARTS) is 1. The van der Waals surface area contributed by atoms with Gasteiger partial charge in [-0.05, 0) is 51.1 Å². The molecule has 0 saturated heterocycles. The maximum atomic E-state index is 12.2. The SMILES string of the molecule is CCCCC(O)c1ccccc1.O=C(O)CCC(=O)c1ccc2c(c1)-c1cccc3cccc-2c13. The van der Waals surface area contributed by atoms with Crippen LogP contribution in [0.15, 0.2) is 84.9 Å². The van der Waals surface area contributed by atoms with Crippen molar-refractivity contribution in [3.05, 3.63) is 96.1 Å². The number of Topliss-reactive ketones (excluding diaryl/α,β-unsaturated/α-hetero) is 1. The molecule has 0 spiro atoms. The maximum Gasteiger partial charge on any atom is 0.303 e. The lowest BCUT2D eigenvalue weighted by Gasteiger charge is -2.09. The highest BCUT2D eigenvalue weighted by atomic mass is 16.4. The van der Waals surface area contributed by atoms with E-state index in [0.29, 0.717) is 5.56 Å². The van der Waals surface area contributed by atoms with Crippen LogP contribution >= 0.6 is 0 Å². The predicted molar refractivity (Wildman–Crippen MR) is 141 cm³/mol. The molecule has 1 aliphatic rings. The number of aliphatic carboxylic acids is 1. The minimum Gasteiger partial charge on any atom is -0.481 e. The van der Waals surface area contributed by atoms with Gasteiger partial charge in [-0.25, -0.2) is 0 Å². The highest BCUT2D eigenvalue weighted by Gasteiger charge is 2.22. The molecule has 2 N–H and O–H groups in total. The molecule has 4 aromatic rings. The Balaban J connectivity index is 0.000000204. The van der Waals surface area contributed by atoms with E-state index < -0.39 is 5.97 Å². The summed E-state index contributed by atoms with van der Waals surface area (Å²) in [4.78, 5) is 22.8. The summed E-state index contributed by atoms with van der Waals surface area (Å²) in [6.45, 7) is 2.14. The van der Waals surface area contributed by atoms with Crippen molar-refractivity contribution >= 4 is 22.5 Å². The second kappa shape index (κ2) is 11.1. The molecule has 0 aliphatic heterocycles. The van der Waals surface area contributed by atoms with Gasteiger partial charge in [0.1, 0.15) is 0 Å². The van der Waals surface area contributed by atoms with Gasteiger partial charge in [0.15, 0.2) is 5.78 Å². The first-order valence-electron chi connectivity index (χ1n) is 12.1. The van der Waals surface area contributed by atoms with Crippen LogP contribution in [-0.4, -0.2) is 22.0 Å². The first-order chi connectivity index (χ1) is 17.0.